The van der Waals surface area contributed by atoms with Crippen LogP contribution in [0.5, 0.6) is 5.75 Å². The van der Waals surface area contributed by atoms with Gasteiger partial charge < -0.3 is 24.7 Å². The number of ether oxygens (including phenoxy) is 2. The second-order valence-electron chi connectivity index (χ2n) is 7.60. The normalized spacial score (nSPS) is 16.1. The maximum atomic E-state index is 13.4. The fraction of sp³-hybridized carbons (Fsp3) is 0.292. The molecular formula is C24H26N4O4. The number of H-pyrrole nitrogens is 1. The van der Waals surface area contributed by atoms with Gasteiger partial charge >= 0.3 is 12.0 Å². The van der Waals surface area contributed by atoms with E-state index >= 15 is 0 Å². The lowest BCUT2D eigenvalue weighted by Gasteiger charge is -2.36. The van der Waals surface area contributed by atoms with Gasteiger partial charge in [-0.2, -0.15) is 0 Å². The summed E-state index contributed by atoms with van der Waals surface area (Å²) in [6.07, 6.45) is 2.64. The van der Waals surface area contributed by atoms with Crippen molar-refractivity contribution in [1.29, 1.82) is 0 Å². The van der Waals surface area contributed by atoms with Crippen molar-refractivity contribution >= 4 is 12.0 Å². The van der Waals surface area contributed by atoms with E-state index in [4.69, 9.17) is 9.47 Å². The Labute approximate surface area is 186 Å². The van der Waals surface area contributed by atoms with Gasteiger partial charge in [-0.05, 0) is 23.3 Å². The molecule has 4 rings (SSSR count). The topological polar surface area (TPSA) is 96.6 Å². The van der Waals surface area contributed by atoms with Gasteiger partial charge in [-0.1, -0.05) is 42.5 Å². The van der Waals surface area contributed by atoms with Crippen LogP contribution >= 0.6 is 0 Å². The minimum absolute atomic E-state index is 0.341. The summed E-state index contributed by atoms with van der Waals surface area (Å²) in [5.41, 5.74) is 3.65. The zero-order valence-corrected chi connectivity index (χ0v) is 18.1. The average molecular weight is 434 g/mol. The van der Waals surface area contributed by atoms with Crippen molar-refractivity contribution < 1.29 is 19.1 Å². The lowest BCUT2D eigenvalue weighted by atomic mass is 9.96. The molecule has 2 heterocycles. The van der Waals surface area contributed by atoms with Crippen LogP contribution in [0.1, 0.15) is 28.6 Å². The Bertz CT molecular complexity index is 1070. The predicted molar refractivity (Wildman–Crippen MR) is 118 cm³/mol. The zero-order chi connectivity index (χ0) is 22.5. The molecule has 8 nitrogen and oxygen atoms in total. The van der Waals surface area contributed by atoms with Gasteiger partial charge in [0.25, 0.3) is 0 Å². The van der Waals surface area contributed by atoms with Crippen LogP contribution in [-0.4, -0.2) is 53.7 Å². The summed E-state index contributed by atoms with van der Waals surface area (Å²) in [6.45, 7) is 0.483. The molecule has 2 N–H and O–H groups in total. The van der Waals surface area contributed by atoms with E-state index in [2.05, 4.69) is 15.3 Å². The number of urea groups is 1. The summed E-state index contributed by atoms with van der Waals surface area (Å²) >= 11 is 0. The third-order valence-corrected chi connectivity index (χ3v) is 5.68. The number of benzene rings is 2. The number of aromatic amines is 1. The van der Waals surface area contributed by atoms with Crippen molar-refractivity contribution in [3.8, 4) is 5.75 Å². The molecule has 0 spiro atoms. The molecule has 8 heteroatoms. The second kappa shape index (κ2) is 9.55. The van der Waals surface area contributed by atoms with Gasteiger partial charge in [0.1, 0.15) is 17.8 Å². The molecule has 2 aromatic carbocycles. The SMILES string of the molecule is COC(=O)[C@H](Cc1ccccc1)NC(=O)N1CCc2[nH]cnc2C1c1ccc(OC)cc1. The predicted octanol–water partition coefficient (Wildman–Crippen LogP) is 2.86. The molecule has 0 aliphatic carbocycles. The van der Waals surface area contributed by atoms with E-state index in [1.807, 2.05) is 54.6 Å². The first-order valence-electron chi connectivity index (χ1n) is 10.5. The summed E-state index contributed by atoms with van der Waals surface area (Å²) in [7, 11) is 2.93. The summed E-state index contributed by atoms with van der Waals surface area (Å²) in [5.74, 6) is 0.247. The van der Waals surface area contributed by atoms with Gasteiger partial charge in [-0.3, -0.25) is 0 Å². The minimum atomic E-state index is -0.799. The number of amides is 2. The molecule has 32 heavy (non-hydrogen) atoms. The number of carbonyl (C=O) groups excluding carboxylic acids is 2. The standard InChI is InChI=1S/C24H26N4O4/c1-31-18-10-8-17(9-11-18)22-21-19(25-15-26-21)12-13-28(22)24(30)27-20(23(29)32-2)14-16-6-4-3-5-7-16/h3-11,15,20,22H,12-14H2,1-2H3,(H,25,26)(H,27,30)/t20-,22?/m0/s1. The highest BCUT2D eigenvalue weighted by Gasteiger charge is 2.35. The Hall–Kier alpha value is -3.81. The lowest BCUT2D eigenvalue weighted by Crippen LogP contribution is -2.52. The van der Waals surface area contributed by atoms with E-state index in [1.165, 1.54) is 7.11 Å². The molecule has 0 fully saturated rings. The lowest BCUT2D eigenvalue weighted by molar-refractivity contribution is -0.142. The van der Waals surface area contributed by atoms with E-state index in [1.54, 1.807) is 18.3 Å². The molecule has 1 aromatic heterocycles. The largest absolute Gasteiger partial charge is 0.497 e. The first-order valence-corrected chi connectivity index (χ1v) is 10.5. The highest BCUT2D eigenvalue weighted by molar-refractivity contribution is 5.84. The molecular weight excluding hydrogens is 408 g/mol. The number of nitrogens with zero attached hydrogens (tertiary/aromatic N) is 2. The number of esters is 1. The Morgan fingerprint density at radius 3 is 2.59 bits per heavy atom. The second-order valence-corrected chi connectivity index (χ2v) is 7.60. The number of imidazole rings is 1. The van der Waals surface area contributed by atoms with Crippen LogP contribution < -0.4 is 10.1 Å². The molecule has 1 aliphatic rings. The first kappa shape index (κ1) is 21.4. The Kier molecular flexibility index (Phi) is 6.39. The van der Waals surface area contributed by atoms with Crippen molar-refractivity contribution in [1.82, 2.24) is 20.2 Å². The fourth-order valence-electron chi connectivity index (χ4n) is 4.04. The van der Waals surface area contributed by atoms with Gasteiger partial charge in [0.2, 0.25) is 0 Å². The number of fused-ring (bicyclic) bond motifs is 1. The molecule has 0 radical (unpaired) electrons. The minimum Gasteiger partial charge on any atom is -0.497 e. The Balaban J connectivity index is 1.60. The van der Waals surface area contributed by atoms with Gasteiger partial charge in [0.05, 0.1) is 26.2 Å². The number of nitrogens with one attached hydrogen (secondary N) is 2. The average Bonchev–Trinajstić information content (AvgIpc) is 3.32. The number of hydrogen-bond acceptors (Lipinski definition) is 5. The smallest absolute Gasteiger partial charge is 0.328 e. The zero-order valence-electron chi connectivity index (χ0n) is 18.1. The molecule has 166 valence electrons. The maximum Gasteiger partial charge on any atom is 0.328 e. The molecule has 0 saturated carbocycles. The van der Waals surface area contributed by atoms with Crippen molar-refractivity contribution in [2.24, 2.45) is 0 Å². The number of aromatic nitrogens is 2. The summed E-state index contributed by atoms with van der Waals surface area (Å²) < 4.78 is 10.2. The van der Waals surface area contributed by atoms with E-state index in [9.17, 15) is 9.59 Å². The molecule has 3 aromatic rings. The summed E-state index contributed by atoms with van der Waals surface area (Å²) in [6, 6.07) is 15.6. The molecule has 0 saturated heterocycles. The third kappa shape index (κ3) is 4.44. The maximum absolute atomic E-state index is 13.4. The number of carbonyl (C=O) groups is 2. The van der Waals surface area contributed by atoms with Crippen LogP contribution in [0.15, 0.2) is 60.9 Å². The Morgan fingerprint density at radius 1 is 1.16 bits per heavy atom. The van der Waals surface area contributed by atoms with Crippen molar-refractivity contribution in [2.45, 2.75) is 24.9 Å². The van der Waals surface area contributed by atoms with E-state index in [-0.39, 0.29) is 12.1 Å². The molecule has 1 unspecified atom stereocenters. The highest BCUT2D eigenvalue weighted by Crippen LogP contribution is 2.34. The van der Waals surface area contributed by atoms with Gasteiger partial charge in [-0.25, -0.2) is 14.6 Å². The molecule has 0 bridgehead atoms. The summed E-state index contributed by atoms with van der Waals surface area (Å²) in [4.78, 5) is 35.2. The van der Waals surface area contributed by atoms with E-state index in [0.29, 0.717) is 19.4 Å². The first-order chi connectivity index (χ1) is 15.6. The number of rotatable bonds is 6. The van der Waals surface area contributed by atoms with Crippen molar-refractivity contribution in [2.75, 3.05) is 20.8 Å². The molecule has 2 atom stereocenters. The van der Waals surface area contributed by atoms with E-state index in [0.717, 1.165) is 28.3 Å². The van der Waals surface area contributed by atoms with Crippen molar-refractivity contribution in [3.05, 3.63) is 83.4 Å². The Morgan fingerprint density at radius 2 is 1.91 bits per heavy atom. The highest BCUT2D eigenvalue weighted by atomic mass is 16.5. The van der Waals surface area contributed by atoms with Gasteiger partial charge in [0.15, 0.2) is 0 Å². The van der Waals surface area contributed by atoms with Crippen LogP contribution in [0, 0.1) is 0 Å². The van der Waals surface area contributed by atoms with Crippen LogP contribution in [0.3, 0.4) is 0 Å². The fourth-order valence-corrected chi connectivity index (χ4v) is 4.04. The van der Waals surface area contributed by atoms with Gasteiger partial charge in [0, 0.05) is 25.1 Å². The third-order valence-electron chi connectivity index (χ3n) is 5.68. The van der Waals surface area contributed by atoms with Crippen LogP contribution in [-0.2, 0) is 22.4 Å². The van der Waals surface area contributed by atoms with Crippen LogP contribution in [0.2, 0.25) is 0 Å². The number of hydrogen-bond donors (Lipinski definition) is 2. The van der Waals surface area contributed by atoms with Gasteiger partial charge in [-0.15, -0.1) is 0 Å². The van der Waals surface area contributed by atoms with E-state index < -0.39 is 12.0 Å². The van der Waals surface area contributed by atoms with Crippen LogP contribution in [0.25, 0.3) is 0 Å². The number of methoxy groups -OCH3 is 2. The van der Waals surface area contributed by atoms with Crippen molar-refractivity contribution in [3.63, 3.8) is 0 Å². The molecule has 1 aliphatic heterocycles. The summed E-state index contributed by atoms with van der Waals surface area (Å²) in [5, 5.41) is 2.88. The molecule has 2 amide bonds. The van der Waals surface area contributed by atoms with Crippen LogP contribution in [0.4, 0.5) is 4.79 Å². The quantitative estimate of drug-likeness (QED) is 0.582. The monoisotopic (exact) mass is 434 g/mol.